The van der Waals surface area contributed by atoms with Crippen molar-refractivity contribution >= 4 is 11.9 Å². The zero-order valence-electron chi connectivity index (χ0n) is 5.10. The van der Waals surface area contributed by atoms with Gasteiger partial charge in [-0.25, -0.2) is 4.79 Å². The van der Waals surface area contributed by atoms with Crippen LogP contribution < -0.4 is 10.6 Å². The van der Waals surface area contributed by atoms with Gasteiger partial charge in [0.2, 0.25) is 6.23 Å². The van der Waals surface area contributed by atoms with Gasteiger partial charge in [-0.3, -0.25) is 10.1 Å². The van der Waals surface area contributed by atoms with Crippen LogP contribution >= 0.6 is 0 Å². The molecule has 0 aromatic heterocycles. The fourth-order valence-corrected chi connectivity index (χ4v) is 0.562. The van der Waals surface area contributed by atoms with E-state index in [0.717, 1.165) is 0 Å². The molecule has 11 heavy (non-hydrogen) atoms. The molecule has 0 spiro atoms. The van der Waals surface area contributed by atoms with Crippen molar-refractivity contribution in [1.82, 2.24) is 10.6 Å². The molecule has 1 fully saturated rings. The number of carbonyl (C=O) groups excluding carboxylic acids is 2. The Balaban J connectivity index is 2.84. The summed E-state index contributed by atoms with van der Waals surface area (Å²) in [6.07, 6.45) is -2.44. The molecule has 0 aromatic carbocycles. The maximum absolute atomic E-state index is 12.3. The Morgan fingerprint density at radius 3 is 2.45 bits per heavy atom. The molecule has 1 atom stereocenters. The Hall–Kier alpha value is -1.24. The van der Waals surface area contributed by atoms with Crippen LogP contribution in [0, 0.1) is 0 Å². The van der Waals surface area contributed by atoms with E-state index in [0.29, 0.717) is 0 Å². The van der Waals surface area contributed by atoms with Gasteiger partial charge in [-0.2, -0.15) is 8.78 Å². The van der Waals surface area contributed by atoms with Crippen LogP contribution in [-0.4, -0.2) is 29.2 Å². The average molecular weight is 166 g/mol. The van der Waals surface area contributed by atoms with Crippen LogP contribution in [0.25, 0.3) is 0 Å². The number of rotatable bonds is 0. The van der Waals surface area contributed by atoms with Gasteiger partial charge in [0, 0.05) is 0 Å². The molecule has 5 nitrogen and oxygen atoms in total. The molecule has 1 saturated heterocycles. The third-order valence-electron chi connectivity index (χ3n) is 1.14. The lowest BCUT2D eigenvalue weighted by molar-refractivity contribution is -0.168. The minimum atomic E-state index is -3.95. The number of imide groups is 1. The number of nitrogens with one attached hydrogen (secondary N) is 2. The first-order chi connectivity index (χ1) is 4.94. The number of aliphatic hydroxyl groups excluding tert-OH is 1. The van der Waals surface area contributed by atoms with Crippen LogP contribution in [0.3, 0.4) is 0 Å². The second-order valence-electron chi connectivity index (χ2n) is 1.95. The summed E-state index contributed by atoms with van der Waals surface area (Å²) in [4.78, 5) is 20.5. The highest BCUT2D eigenvalue weighted by Gasteiger charge is 2.51. The van der Waals surface area contributed by atoms with Gasteiger partial charge in [0.1, 0.15) is 0 Å². The zero-order valence-corrected chi connectivity index (χ0v) is 5.10. The van der Waals surface area contributed by atoms with Crippen molar-refractivity contribution in [2.24, 2.45) is 0 Å². The van der Waals surface area contributed by atoms with E-state index in [1.807, 2.05) is 0 Å². The second-order valence-corrected chi connectivity index (χ2v) is 1.95. The minimum absolute atomic E-state index is 1.13. The number of hydrogen-bond acceptors (Lipinski definition) is 3. The van der Waals surface area contributed by atoms with Crippen LogP contribution in [0.2, 0.25) is 0 Å². The SMILES string of the molecule is O=C1NC(=O)C(F)(F)[C@@H](O)N1. The van der Waals surface area contributed by atoms with E-state index >= 15 is 0 Å². The summed E-state index contributed by atoms with van der Waals surface area (Å²) in [6.45, 7) is 0. The van der Waals surface area contributed by atoms with Crippen molar-refractivity contribution in [2.45, 2.75) is 12.2 Å². The molecule has 0 radical (unpaired) electrons. The van der Waals surface area contributed by atoms with Gasteiger partial charge in [-0.05, 0) is 0 Å². The number of halogens is 2. The third kappa shape index (κ3) is 1.14. The maximum Gasteiger partial charge on any atom is 0.368 e. The first-order valence-corrected chi connectivity index (χ1v) is 2.62. The van der Waals surface area contributed by atoms with Gasteiger partial charge in [0.05, 0.1) is 0 Å². The molecule has 0 unspecified atom stereocenters. The number of hydrogen-bond donors (Lipinski definition) is 3. The Bertz CT molecular complexity index is 217. The van der Waals surface area contributed by atoms with Gasteiger partial charge in [0.25, 0.3) is 0 Å². The summed E-state index contributed by atoms with van der Waals surface area (Å²) >= 11 is 0. The van der Waals surface area contributed by atoms with E-state index in [4.69, 9.17) is 5.11 Å². The number of urea groups is 1. The molecule has 1 rings (SSSR count). The van der Waals surface area contributed by atoms with Crippen LogP contribution in [0.15, 0.2) is 0 Å². The smallest absolute Gasteiger partial charge is 0.368 e. The molecule has 1 aliphatic rings. The molecule has 0 aliphatic carbocycles. The molecule has 3 amide bonds. The van der Waals surface area contributed by atoms with E-state index in [2.05, 4.69) is 0 Å². The van der Waals surface area contributed by atoms with Crippen molar-refractivity contribution in [3.8, 4) is 0 Å². The number of carbonyl (C=O) groups is 2. The lowest BCUT2D eigenvalue weighted by Gasteiger charge is -2.26. The molecular weight excluding hydrogens is 162 g/mol. The number of aliphatic hydroxyl groups is 1. The quantitative estimate of drug-likeness (QED) is 0.422. The van der Waals surface area contributed by atoms with Gasteiger partial charge in [0.15, 0.2) is 0 Å². The first-order valence-electron chi connectivity index (χ1n) is 2.62. The minimum Gasteiger partial charge on any atom is -0.368 e. The van der Waals surface area contributed by atoms with E-state index < -0.39 is 24.1 Å². The van der Waals surface area contributed by atoms with Crippen molar-refractivity contribution < 1.29 is 23.5 Å². The molecule has 0 aromatic rings. The summed E-state index contributed by atoms with van der Waals surface area (Å²) in [7, 11) is 0. The Morgan fingerprint density at radius 1 is 1.45 bits per heavy atom. The molecule has 1 aliphatic heterocycles. The summed E-state index contributed by atoms with van der Waals surface area (Å²) in [5.74, 6) is -5.75. The summed E-state index contributed by atoms with van der Waals surface area (Å²) in [5.41, 5.74) is 0. The molecule has 0 bridgehead atoms. The summed E-state index contributed by atoms with van der Waals surface area (Å²) in [5, 5.41) is 11.2. The zero-order chi connectivity index (χ0) is 8.65. The predicted molar refractivity (Wildman–Crippen MR) is 27.6 cm³/mol. The predicted octanol–water partition coefficient (Wildman–Crippen LogP) is -1.22. The normalized spacial score (nSPS) is 29.2. The van der Waals surface area contributed by atoms with Crippen LogP contribution in [0.4, 0.5) is 13.6 Å². The largest absolute Gasteiger partial charge is 0.368 e. The monoisotopic (exact) mass is 166 g/mol. The summed E-state index contributed by atoms with van der Waals surface area (Å²) in [6, 6.07) is -1.13. The second kappa shape index (κ2) is 2.12. The van der Waals surface area contributed by atoms with E-state index in [1.54, 1.807) is 0 Å². The van der Waals surface area contributed by atoms with E-state index in [1.165, 1.54) is 10.6 Å². The van der Waals surface area contributed by atoms with E-state index in [-0.39, 0.29) is 0 Å². The molecular formula is C4H4F2N2O3. The highest BCUT2D eigenvalue weighted by molar-refractivity contribution is 6.00. The van der Waals surface area contributed by atoms with Crippen LogP contribution in [-0.2, 0) is 4.79 Å². The lowest BCUT2D eigenvalue weighted by Crippen LogP contribution is -2.64. The Kier molecular flexibility index (Phi) is 1.52. The van der Waals surface area contributed by atoms with Crippen molar-refractivity contribution in [3.63, 3.8) is 0 Å². The standard InChI is InChI=1S/C4H4F2N2O3/c5-4(6)1(9)7-3(11)8-2(4)10/h1,9H,(H2,7,8,10,11)/t1-/m1/s1. The fraction of sp³-hybridized carbons (Fsp3) is 0.500. The topological polar surface area (TPSA) is 78.4 Å². The number of amides is 3. The highest BCUT2D eigenvalue weighted by atomic mass is 19.3. The van der Waals surface area contributed by atoms with Crippen LogP contribution in [0.5, 0.6) is 0 Å². The van der Waals surface area contributed by atoms with Gasteiger partial charge < -0.3 is 10.4 Å². The van der Waals surface area contributed by atoms with Gasteiger partial charge in [-0.15, -0.1) is 0 Å². The number of alkyl halides is 2. The molecule has 7 heteroatoms. The molecule has 1 heterocycles. The van der Waals surface area contributed by atoms with Crippen molar-refractivity contribution in [3.05, 3.63) is 0 Å². The van der Waals surface area contributed by atoms with E-state index in [9.17, 15) is 18.4 Å². The Labute approximate surface area is 59.4 Å². The van der Waals surface area contributed by atoms with Gasteiger partial charge >= 0.3 is 17.9 Å². The first kappa shape index (κ1) is 7.86. The Morgan fingerprint density at radius 2 is 2.00 bits per heavy atom. The third-order valence-corrected chi connectivity index (χ3v) is 1.14. The highest BCUT2D eigenvalue weighted by Crippen LogP contribution is 2.19. The van der Waals surface area contributed by atoms with Gasteiger partial charge in [-0.1, -0.05) is 0 Å². The van der Waals surface area contributed by atoms with Crippen molar-refractivity contribution in [2.75, 3.05) is 0 Å². The lowest BCUT2D eigenvalue weighted by atomic mass is 10.2. The van der Waals surface area contributed by atoms with Crippen molar-refractivity contribution in [1.29, 1.82) is 0 Å². The molecule has 3 N–H and O–H groups in total. The average Bonchev–Trinajstić information content (AvgIpc) is 1.84. The molecule has 62 valence electrons. The fourth-order valence-electron chi connectivity index (χ4n) is 0.562. The molecule has 0 saturated carbocycles. The maximum atomic E-state index is 12.3. The summed E-state index contributed by atoms with van der Waals surface area (Å²) < 4.78 is 24.6. The van der Waals surface area contributed by atoms with Crippen LogP contribution in [0.1, 0.15) is 0 Å².